The van der Waals surface area contributed by atoms with Crippen LogP contribution in [0.2, 0.25) is 0 Å². The quantitative estimate of drug-likeness (QED) is 0.616. The molecule has 0 heterocycles. The van der Waals surface area contributed by atoms with Crippen molar-refractivity contribution in [1.29, 1.82) is 5.26 Å². The van der Waals surface area contributed by atoms with Crippen LogP contribution >= 0.6 is 0 Å². The summed E-state index contributed by atoms with van der Waals surface area (Å²) in [5, 5.41) is 8.83. The molecule has 1 aliphatic carbocycles. The summed E-state index contributed by atoms with van der Waals surface area (Å²) in [5.74, 6) is 1.14. The number of ether oxygens (including phenoxy) is 1. The molecule has 0 spiro atoms. The molecule has 1 saturated carbocycles. The zero-order chi connectivity index (χ0) is 16.2. The van der Waals surface area contributed by atoms with Crippen molar-refractivity contribution in [2.45, 2.75) is 26.2 Å². The molecule has 0 unspecified atom stereocenters. The third-order valence-corrected chi connectivity index (χ3v) is 4.45. The number of rotatable bonds is 3. The van der Waals surface area contributed by atoms with E-state index in [1.807, 2.05) is 36.4 Å². The van der Waals surface area contributed by atoms with E-state index in [4.69, 9.17) is 10.00 Å². The molecule has 0 saturated heterocycles. The molecule has 3 rings (SSSR count). The van der Waals surface area contributed by atoms with Crippen molar-refractivity contribution < 1.29 is 9.53 Å². The van der Waals surface area contributed by atoms with E-state index in [-0.39, 0.29) is 11.9 Å². The van der Waals surface area contributed by atoms with Crippen LogP contribution in [0.4, 0.5) is 0 Å². The third kappa shape index (κ3) is 3.60. The molecule has 0 amide bonds. The van der Waals surface area contributed by atoms with Gasteiger partial charge in [-0.15, -0.1) is 0 Å². The molecular formula is C20H19NO2. The number of esters is 1. The molecule has 0 aromatic heterocycles. The highest BCUT2D eigenvalue weighted by Gasteiger charge is 2.28. The standard InChI is InChI=1S/C20H19NO2/c1-14-2-5-18(12-14)20(22)23-19-10-8-17(9-11-19)16-6-3-15(13-21)4-7-16/h3-4,6-11,14,18H,2,5,12H2,1H3/t14-,18-/m1/s1. The minimum absolute atomic E-state index is 0.0446. The van der Waals surface area contributed by atoms with E-state index in [9.17, 15) is 4.79 Å². The van der Waals surface area contributed by atoms with E-state index in [2.05, 4.69) is 13.0 Å². The average Bonchev–Trinajstić information content (AvgIpc) is 3.02. The Balaban J connectivity index is 1.67. The Bertz CT molecular complexity index is 726. The van der Waals surface area contributed by atoms with Gasteiger partial charge in [-0.3, -0.25) is 4.79 Å². The lowest BCUT2D eigenvalue weighted by molar-refractivity contribution is -0.138. The fraction of sp³-hybridized carbons (Fsp3) is 0.300. The van der Waals surface area contributed by atoms with E-state index >= 15 is 0 Å². The van der Waals surface area contributed by atoms with Crippen LogP contribution in [0, 0.1) is 23.2 Å². The monoisotopic (exact) mass is 305 g/mol. The fourth-order valence-electron chi connectivity index (χ4n) is 3.07. The molecule has 2 atom stereocenters. The number of hydrogen-bond donors (Lipinski definition) is 0. The lowest BCUT2D eigenvalue weighted by atomic mass is 10.0. The first-order valence-corrected chi connectivity index (χ1v) is 7.98. The van der Waals surface area contributed by atoms with Gasteiger partial charge < -0.3 is 4.74 Å². The lowest BCUT2D eigenvalue weighted by Gasteiger charge is -2.10. The maximum Gasteiger partial charge on any atom is 0.314 e. The predicted molar refractivity (Wildman–Crippen MR) is 88.7 cm³/mol. The zero-order valence-corrected chi connectivity index (χ0v) is 13.2. The van der Waals surface area contributed by atoms with Crippen LogP contribution in [0.3, 0.4) is 0 Å². The number of nitrogens with zero attached hydrogens (tertiary/aromatic N) is 1. The Labute approximate surface area is 136 Å². The van der Waals surface area contributed by atoms with Gasteiger partial charge in [0.1, 0.15) is 5.75 Å². The number of nitriles is 1. The summed E-state index contributed by atoms with van der Waals surface area (Å²) in [4.78, 5) is 12.1. The largest absolute Gasteiger partial charge is 0.426 e. The molecule has 0 radical (unpaired) electrons. The summed E-state index contributed by atoms with van der Waals surface area (Å²) in [5.41, 5.74) is 2.71. The number of hydrogen-bond acceptors (Lipinski definition) is 3. The molecule has 3 nitrogen and oxygen atoms in total. The van der Waals surface area contributed by atoms with Gasteiger partial charge >= 0.3 is 5.97 Å². The number of carbonyl (C=O) groups excluding carboxylic acids is 1. The second kappa shape index (κ2) is 6.66. The van der Waals surface area contributed by atoms with Gasteiger partial charge in [-0.2, -0.15) is 5.26 Å². The summed E-state index contributed by atoms with van der Waals surface area (Å²) >= 11 is 0. The Morgan fingerprint density at radius 3 is 2.17 bits per heavy atom. The van der Waals surface area contributed by atoms with Gasteiger partial charge in [0.15, 0.2) is 0 Å². The van der Waals surface area contributed by atoms with Crippen LogP contribution in [0.1, 0.15) is 31.7 Å². The van der Waals surface area contributed by atoms with Crippen LogP contribution < -0.4 is 4.74 Å². The van der Waals surface area contributed by atoms with Crippen molar-refractivity contribution in [2.75, 3.05) is 0 Å². The van der Waals surface area contributed by atoms with Gasteiger partial charge in [0.05, 0.1) is 17.6 Å². The molecule has 0 aliphatic heterocycles. The first-order valence-electron chi connectivity index (χ1n) is 7.98. The van der Waals surface area contributed by atoms with E-state index in [1.165, 1.54) is 0 Å². The van der Waals surface area contributed by atoms with Gasteiger partial charge in [0.2, 0.25) is 0 Å². The summed E-state index contributed by atoms with van der Waals surface area (Å²) in [6, 6.07) is 17.0. The summed E-state index contributed by atoms with van der Waals surface area (Å²) < 4.78 is 5.49. The Morgan fingerprint density at radius 1 is 1.04 bits per heavy atom. The molecule has 23 heavy (non-hydrogen) atoms. The first-order chi connectivity index (χ1) is 11.2. The van der Waals surface area contributed by atoms with Crippen LogP contribution in [0.15, 0.2) is 48.5 Å². The second-order valence-electron chi connectivity index (χ2n) is 6.25. The van der Waals surface area contributed by atoms with E-state index in [0.29, 0.717) is 17.2 Å². The Kier molecular flexibility index (Phi) is 4.43. The van der Waals surface area contributed by atoms with Crippen molar-refractivity contribution in [3.63, 3.8) is 0 Å². The summed E-state index contributed by atoms with van der Waals surface area (Å²) in [6.45, 7) is 2.18. The van der Waals surface area contributed by atoms with Gasteiger partial charge in [0, 0.05) is 0 Å². The molecule has 0 bridgehead atoms. The highest BCUT2D eigenvalue weighted by atomic mass is 16.5. The molecule has 2 aromatic rings. The van der Waals surface area contributed by atoms with Gasteiger partial charge in [-0.05, 0) is 60.6 Å². The molecular weight excluding hydrogens is 286 g/mol. The van der Waals surface area contributed by atoms with E-state index < -0.39 is 0 Å². The summed E-state index contributed by atoms with van der Waals surface area (Å²) in [7, 11) is 0. The number of benzene rings is 2. The fourth-order valence-corrected chi connectivity index (χ4v) is 3.07. The Morgan fingerprint density at radius 2 is 1.65 bits per heavy atom. The summed E-state index contributed by atoms with van der Waals surface area (Å²) in [6.07, 6.45) is 2.98. The lowest BCUT2D eigenvalue weighted by Crippen LogP contribution is -2.18. The van der Waals surface area contributed by atoms with Crippen molar-refractivity contribution in [3.8, 4) is 22.9 Å². The van der Waals surface area contributed by atoms with Crippen molar-refractivity contribution in [3.05, 3.63) is 54.1 Å². The normalized spacial score (nSPS) is 20.0. The van der Waals surface area contributed by atoms with Gasteiger partial charge in [0.25, 0.3) is 0 Å². The predicted octanol–water partition coefficient (Wildman–Crippen LogP) is 4.57. The first kappa shape index (κ1) is 15.3. The number of carbonyl (C=O) groups is 1. The van der Waals surface area contributed by atoms with Crippen LogP contribution in [0.25, 0.3) is 11.1 Å². The molecule has 1 aliphatic rings. The minimum atomic E-state index is -0.111. The highest BCUT2D eigenvalue weighted by Crippen LogP contribution is 2.32. The molecule has 116 valence electrons. The molecule has 0 N–H and O–H groups in total. The minimum Gasteiger partial charge on any atom is -0.426 e. The van der Waals surface area contributed by atoms with Gasteiger partial charge in [-0.1, -0.05) is 31.2 Å². The molecule has 1 fully saturated rings. The Hall–Kier alpha value is -2.60. The average molecular weight is 305 g/mol. The van der Waals surface area contributed by atoms with E-state index in [0.717, 1.165) is 30.4 Å². The van der Waals surface area contributed by atoms with Gasteiger partial charge in [-0.25, -0.2) is 0 Å². The topological polar surface area (TPSA) is 50.1 Å². The van der Waals surface area contributed by atoms with E-state index in [1.54, 1.807) is 12.1 Å². The third-order valence-electron chi connectivity index (χ3n) is 4.45. The van der Waals surface area contributed by atoms with Crippen molar-refractivity contribution in [1.82, 2.24) is 0 Å². The SMILES string of the molecule is C[C@@H]1CC[C@@H](C(=O)Oc2ccc(-c3ccc(C#N)cc3)cc2)C1. The van der Waals surface area contributed by atoms with Crippen molar-refractivity contribution in [2.24, 2.45) is 11.8 Å². The van der Waals surface area contributed by atoms with Crippen LogP contribution in [-0.4, -0.2) is 5.97 Å². The molecule has 2 aromatic carbocycles. The maximum atomic E-state index is 12.1. The van der Waals surface area contributed by atoms with Crippen LogP contribution in [-0.2, 0) is 4.79 Å². The molecule has 3 heteroatoms. The van der Waals surface area contributed by atoms with Crippen LogP contribution in [0.5, 0.6) is 5.75 Å². The smallest absolute Gasteiger partial charge is 0.314 e. The highest BCUT2D eigenvalue weighted by molar-refractivity contribution is 5.76. The zero-order valence-electron chi connectivity index (χ0n) is 13.2. The maximum absolute atomic E-state index is 12.1. The van der Waals surface area contributed by atoms with Crippen molar-refractivity contribution >= 4 is 5.97 Å². The second-order valence-corrected chi connectivity index (χ2v) is 6.25.